The topological polar surface area (TPSA) is 83.8 Å². The molecule has 5 nitrogen and oxygen atoms in total. The van der Waals surface area contributed by atoms with E-state index in [2.05, 4.69) is 15.3 Å². The molecule has 2 heterocycles. The van der Waals surface area contributed by atoms with Gasteiger partial charge in [-0.2, -0.15) is 0 Å². The largest absolute Gasteiger partial charge is 0.346 e. The van der Waals surface area contributed by atoms with E-state index in [0.717, 1.165) is 28.7 Å². The molecule has 2 aromatic heterocycles. The van der Waals surface area contributed by atoms with E-state index in [1.54, 1.807) is 30.6 Å². The summed E-state index contributed by atoms with van der Waals surface area (Å²) in [5, 5.41) is 3.81. The molecule has 0 aliphatic rings. The van der Waals surface area contributed by atoms with Crippen molar-refractivity contribution in [1.82, 2.24) is 9.97 Å². The van der Waals surface area contributed by atoms with Gasteiger partial charge in [-0.15, -0.1) is 0 Å². The lowest BCUT2D eigenvalue weighted by Crippen LogP contribution is -2.13. The number of pyridine rings is 1. The standard InChI is InChI=1S/C17H18N4O/c1-2-14(18)11-3-5-12(6-4-11)17(22)21-15-8-10-20-16-13(15)7-9-19-16/h3-10,14H,2,18H2,1H3,(H2,19,20,21,22). The number of nitrogens with two attached hydrogens (primary N) is 1. The molecule has 4 N–H and O–H groups in total. The Labute approximate surface area is 128 Å². The van der Waals surface area contributed by atoms with Crippen LogP contribution in [0, 0.1) is 0 Å². The van der Waals surface area contributed by atoms with E-state index in [0.29, 0.717) is 5.56 Å². The van der Waals surface area contributed by atoms with Gasteiger partial charge < -0.3 is 16.0 Å². The summed E-state index contributed by atoms with van der Waals surface area (Å²) >= 11 is 0. The van der Waals surface area contributed by atoms with E-state index in [4.69, 9.17) is 5.73 Å². The van der Waals surface area contributed by atoms with Gasteiger partial charge in [0.15, 0.2) is 0 Å². The minimum atomic E-state index is -0.148. The van der Waals surface area contributed by atoms with Gasteiger partial charge in [-0.1, -0.05) is 19.1 Å². The molecule has 1 unspecified atom stereocenters. The lowest BCUT2D eigenvalue weighted by molar-refractivity contribution is 0.102. The molecular weight excluding hydrogens is 276 g/mol. The fourth-order valence-electron chi connectivity index (χ4n) is 2.38. The first-order chi connectivity index (χ1) is 10.7. The highest BCUT2D eigenvalue weighted by molar-refractivity contribution is 6.08. The summed E-state index contributed by atoms with van der Waals surface area (Å²) in [7, 11) is 0. The van der Waals surface area contributed by atoms with Gasteiger partial charge in [0, 0.05) is 29.4 Å². The Kier molecular flexibility index (Phi) is 3.89. The van der Waals surface area contributed by atoms with Crippen LogP contribution in [0.4, 0.5) is 5.69 Å². The zero-order chi connectivity index (χ0) is 15.5. The van der Waals surface area contributed by atoms with Crippen molar-refractivity contribution in [2.24, 2.45) is 5.73 Å². The average Bonchev–Trinajstić information content (AvgIpc) is 3.04. The summed E-state index contributed by atoms with van der Waals surface area (Å²) in [6, 6.07) is 11.1. The Balaban J connectivity index is 1.81. The van der Waals surface area contributed by atoms with Gasteiger partial charge in [-0.05, 0) is 36.2 Å². The molecule has 0 bridgehead atoms. The Morgan fingerprint density at radius 3 is 2.77 bits per heavy atom. The van der Waals surface area contributed by atoms with Gasteiger partial charge >= 0.3 is 0 Å². The fraction of sp³-hybridized carbons (Fsp3) is 0.176. The zero-order valence-electron chi connectivity index (χ0n) is 12.3. The monoisotopic (exact) mass is 294 g/mol. The number of benzene rings is 1. The van der Waals surface area contributed by atoms with Gasteiger partial charge in [-0.25, -0.2) is 4.98 Å². The van der Waals surface area contributed by atoms with Crippen molar-refractivity contribution in [3.63, 3.8) is 0 Å². The molecule has 1 amide bonds. The van der Waals surface area contributed by atoms with Crippen molar-refractivity contribution in [3.8, 4) is 0 Å². The molecule has 22 heavy (non-hydrogen) atoms. The minimum Gasteiger partial charge on any atom is -0.346 e. The number of nitrogens with zero attached hydrogens (tertiary/aromatic N) is 1. The third-order valence-electron chi connectivity index (χ3n) is 3.75. The van der Waals surface area contributed by atoms with Crippen molar-refractivity contribution in [2.75, 3.05) is 5.32 Å². The highest BCUT2D eigenvalue weighted by atomic mass is 16.1. The van der Waals surface area contributed by atoms with Crippen LogP contribution in [-0.2, 0) is 0 Å². The predicted molar refractivity (Wildman–Crippen MR) is 87.7 cm³/mol. The fourth-order valence-corrected chi connectivity index (χ4v) is 2.38. The minimum absolute atomic E-state index is 0.0109. The predicted octanol–water partition coefficient (Wildman–Crippen LogP) is 3.23. The number of hydrogen-bond donors (Lipinski definition) is 3. The molecular formula is C17H18N4O. The number of amides is 1. The summed E-state index contributed by atoms with van der Waals surface area (Å²) < 4.78 is 0. The second-order valence-corrected chi connectivity index (χ2v) is 5.19. The molecule has 0 saturated heterocycles. The molecule has 112 valence electrons. The highest BCUT2D eigenvalue weighted by Gasteiger charge is 2.10. The number of carbonyl (C=O) groups excluding carboxylic acids is 1. The first-order valence-electron chi connectivity index (χ1n) is 7.28. The second kappa shape index (κ2) is 5.99. The number of carbonyl (C=O) groups is 1. The van der Waals surface area contributed by atoms with Crippen LogP contribution in [-0.4, -0.2) is 15.9 Å². The van der Waals surface area contributed by atoms with Gasteiger partial charge in [0.1, 0.15) is 5.65 Å². The van der Waals surface area contributed by atoms with E-state index in [1.807, 2.05) is 25.1 Å². The number of hydrogen-bond acceptors (Lipinski definition) is 3. The maximum atomic E-state index is 12.4. The summed E-state index contributed by atoms with van der Waals surface area (Å²) in [6.07, 6.45) is 4.33. The van der Waals surface area contributed by atoms with E-state index >= 15 is 0 Å². The van der Waals surface area contributed by atoms with Crippen molar-refractivity contribution in [1.29, 1.82) is 0 Å². The third kappa shape index (κ3) is 2.71. The zero-order valence-corrected chi connectivity index (χ0v) is 12.3. The van der Waals surface area contributed by atoms with Crippen molar-refractivity contribution in [3.05, 3.63) is 59.9 Å². The normalized spacial score (nSPS) is 12.3. The summed E-state index contributed by atoms with van der Waals surface area (Å²) in [4.78, 5) is 19.6. The molecule has 0 saturated carbocycles. The smallest absolute Gasteiger partial charge is 0.255 e. The van der Waals surface area contributed by atoms with Crippen LogP contribution < -0.4 is 11.1 Å². The number of aromatic amines is 1. The Morgan fingerprint density at radius 1 is 1.27 bits per heavy atom. The second-order valence-electron chi connectivity index (χ2n) is 5.19. The van der Waals surface area contributed by atoms with Crippen LogP contribution in [0.2, 0.25) is 0 Å². The first kappa shape index (κ1) is 14.3. The molecule has 1 aromatic carbocycles. The van der Waals surface area contributed by atoms with E-state index in [1.165, 1.54) is 0 Å². The SMILES string of the molecule is CCC(N)c1ccc(C(=O)Nc2ccnc3[nH]ccc23)cc1. The number of nitrogens with one attached hydrogen (secondary N) is 2. The van der Waals surface area contributed by atoms with E-state index in [-0.39, 0.29) is 11.9 Å². The van der Waals surface area contributed by atoms with E-state index < -0.39 is 0 Å². The maximum Gasteiger partial charge on any atom is 0.255 e. The molecule has 0 fully saturated rings. The maximum absolute atomic E-state index is 12.4. The van der Waals surface area contributed by atoms with Crippen LogP contribution in [0.3, 0.4) is 0 Å². The van der Waals surface area contributed by atoms with Crippen molar-refractivity contribution in [2.45, 2.75) is 19.4 Å². The van der Waals surface area contributed by atoms with E-state index in [9.17, 15) is 4.79 Å². The summed E-state index contributed by atoms with van der Waals surface area (Å²) in [5.41, 5.74) is 9.12. The Hall–Kier alpha value is -2.66. The lowest BCUT2D eigenvalue weighted by Gasteiger charge is -2.10. The van der Waals surface area contributed by atoms with Gasteiger partial charge in [0.05, 0.1) is 5.69 Å². The number of fused-ring (bicyclic) bond motifs is 1. The van der Waals surface area contributed by atoms with Crippen LogP contribution in [0.25, 0.3) is 11.0 Å². The number of anilines is 1. The van der Waals surface area contributed by atoms with Crippen LogP contribution in [0.5, 0.6) is 0 Å². The quantitative estimate of drug-likeness (QED) is 0.690. The van der Waals surface area contributed by atoms with Crippen LogP contribution >= 0.6 is 0 Å². The number of H-pyrrole nitrogens is 1. The molecule has 5 heteroatoms. The number of aromatic nitrogens is 2. The number of rotatable bonds is 4. The molecule has 0 aliphatic heterocycles. The van der Waals surface area contributed by atoms with Gasteiger partial charge in [0.25, 0.3) is 5.91 Å². The van der Waals surface area contributed by atoms with Gasteiger partial charge in [-0.3, -0.25) is 4.79 Å². The van der Waals surface area contributed by atoms with Crippen molar-refractivity contribution >= 4 is 22.6 Å². The summed E-state index contributed by atoms with van der Waals surface area (Å²) in [6.45, 7) is 2.04. The van der Waals surface area contributed by atoms with Crippen molar-refractivity contribution < 1.29 is 4.79 Å². The molecule has 1 atom stereocenters. The molecule has 0 aliphatic carbocycles. The van der Waals surface area contributed by atoms with Crippen LogP contribution in [0.1, 0.15) is 35.3 Å². The molecule has 0 radical (unpaired) electrons. The molecule has 0 spiro atoms. The molecule has 3 aromatic rings. The average molecular weight is 294 g/mol. The lowest BCUT2D eigenvalue weighted by atomic mass is 10.0. The first-order valence-corrected chi connectivity index (χ1v) is 7.28. The Bertz CT molecular complexity index is 792. The summed E-state index contributed by atoms with van der Waals surface area (Å²) in [5.74, 6) is -0.148. The van der Waals surface area contributed by atoms with Gasteiger partial charge in [0.2, 0.25) is 0 Å². The Morgan fingerprint density at radius 2 is 2.05 bits per heavy atom. The highest BCUT2D eigenvalue weighted by Crippen LogP contribution is 2.21. The van der Waals surface area contributed by atoms with Crippen LogP contribution in [0.15, 0.2) is 48.8 Å². The molecule has 3 rings (SSSR count). The third-order valence-corrected chi connectivity index (χ3v) is 3.75.